The van der Waals surface area contributed by atoms with Crippen LogP contribution in [0.3, 0.4) is 0 Å². The van der Waals surface area contributed by atoms with E-state index in [1.165, 1.54) is 0 Å². The molecule has 0 aliphatic carbocycles. The van der Waals surface area contributed by atoms with Gasteiger partial charge in [0, 0.05) is 19.8 Å². The fraction of sp³-hybridized carbons (Fsp3) is 0.364. The highest BCUT2D eigenvalue weighted by molar-refractivity contribution is 9.10. The highest BCUT2D eigenvalue weighted by Gasteiger charge is 2.12. The van der Waals surface area contributed by atoms with Crippen molar-refractivity contribution in [3.8, 4) is 11.5 Å². The SMILES string of the molecule is CCNc1nc(-c2ccnn2C)nc(C)c1Br. The first-order valence-corrected chi connectivity index (χ1v) is 6.19. The van der Waals surface area contributed by atoms with Gasteiger partial charge in [-0.25, -0.2) is 9.97 Å². The van der Waals surface area contributed by atoms with Crippen molar-refractivity contribution >= 4 is 21.7 Å². The third-order valence-electron chi connectivity index (χ3n) is 2.41. The van der Waals surface area contributed by atoms with Crippen LogP contribution in [0.15, 0.2) is 16.7 Å². The van der Waals surface area contributed by atoms with Gasteiger partial charge < -0.3 is 5.32 Å². The molecule has 0 fully saturated rings. The van der Waals surface area contributed by atoms with E-state index in [2.05, 4.69) is 36.3 Å². The van der Waals surface area contributed by atoms with E-state index in [1.807, 2.05) is 27.0 Å². The number of rotatable bonds is 3. The highest BCUT2D eigenvalue weighted by Crippen LogP contribution is 2.26. The van der Waals surface area contributed by atoms with Crippen LogP contribution in [0.1, 0.15) is 12.6 Å². The molecular weight excluding hydrogens is 282 g/mol. The number of nitrogens with one attached hydrogen (secondary N) is 1. The first kappa shape index (κ1) is 12.0. The molecule has 0 aliphatic rings. The summed E-state index contributed by atoms with van der Waals surface area (Å²) in [6.07, 6.45) is 1.74. The molecule has 5 nitrogen and oxygen atoms in total. The standard InChI is InChI=1S/C11H14BrN5/c1-4-13-11-9(12)7(2)15-10(16-11)8-5-6-14-17(8)3/h5-6H,4H2,1-3H3,(H,13,15,16). The van der Waals surface area contributed by atoms with Crippen LogP contribution in [-0.4, -0.2) is 26.3 Å². The van der Waals surface area contributed by atoms with E-state index in [-0.39, 0.29) is 0 Å². The Hall–Kier alpha value is -1.43. The van der Waals surface area contributed by atoms with Crippen LogP contribution in [0.2, 0.25) is 0 Å². The molecule has 90 valence electrons. The summed E-state index contributed by atoms with van der Waals surface area (Å²) < 4.78 is 2.67. The zero-order valence-corrected chi connectivity index (χ0v) is 11.6. The molecule has 1 N–H and O–H groups in total. The second-order valence-corrected chi connectivity index (χ2v) is 4.46. The first-order valence-electron chi connectivity index (χ1n) is 5.40. The maximum Gasteiger partial charge on any atom is 0.180 e. The smallest absolute Gasteiger partial charge is 0.180 e. The van der Waals surface area contributed by atoms with Gasteiger partial charge in [-0.2, -0.15) is 5.10 Å². The number of hydrogen-bond donors (Lipinski definition) is 1. The zero-order chi connectivity index (χ0) is 12.4. The minimum Gasteiger partial charge on any atom is -0.369 e. The Kier molecular flexibility index (Phi) is 3.42. The fourth-order valence-electron chi connectivity index (χ4n) is 1.55. The molecule has 0 spiro atoms. The molecule has 2 rings (SSSR count). The highest BCUT2D eigenvalue weighted by atomic mass is 79.9. The molecule has 0 unspecified atom stereocenters. The predicted octanol–water partition coefficient (Wildman–Crippen LogP) is 2.38. The van der Waals surface area contributed by atoms with Gasteiger partial charge in [0.05, 0.1) is 10.2 Å². The Labute approximate surface area is 108 Å². The number of aromatic nitrogens is 4. The molecule has 0 saturated heterocycles. The lowest BCUT2D eigenvalue weighted by atomic mass is 10.3. The molecule has 0 aromatic carbocycles. The van der Waals surface area contributed by atoms with Crippen LogP contribution in [0, 0.1) is 6.92 Å². The molecular formula is C11H14BrN5. The van der Waals surface area contributed by atoms with Crippen LogP contribution in [-0.2, 0) is 7.05 Å². The van der Waals surface area contributed by atoms with E-state index in [9.17, 15) is 0 Å². The molecule has 17 heavy (non-hydrogen) atoms. The third kappa shape index (κ3) is 2.31. The van der Waals surface area contributed by atoms with Crippen molar-refractivity contribution in [2.45, 2.75) is 13.8 Å². The van der Waals surface area contributed by atoms with Gasteiger partial charge >= 0.3 is 0 Å². The summed E-state index contributed by atoms with van der Waals surface area (Å²) in [4.78, 5) is 8.96. The van der Waals surface area contributed by atoms with Gasteiger partial charge in [0.1, 0.15) is 11.5 Å². The van der Waals surface area contributed by atoms with Crippen molar-refractivity contribution in [2.75, 3.05) is 11.9 Å². The summed E-state index contributed by atoms with van der Waals surface area (Å²) in [6, 6.07) is 1.90. The van der Waals surface area contributed by atoms with E-state index in [1.54, 1.807) is 10.9 Å². The summed E-state index contributed by atoms with van der Waals surface area (Å²) in [5.41, 5.74) is 1.81. The van der Waals surface area contributed by atoms with Gasteiger partial charge in [0.25, 0.3) is 0 Å². The molecule has 0 atom stereocenters. The summed E-state index contributed by atoms with van der Waals surface area (Å²) in [7, 11) is 1.88. The molecule has 6 heteroatoms. The Morgan fingerprint density at radius 2 is 2.18 bits per heavy atom. The number of hydrogen-bond acceptors (Lipinski definition) is 4. The molecule has 0 bridgehead atoms. The number of halogens is 1. The second kappa shape index (κ2) is 4.83. The summed E-state index contributed by atoms with van der Waals surface area (Å²) in [6.45, 7) is 4.81. The Balaban J connectivity index is 2.53. The van der Waals surface area contributed by atoms with Crippen molar-refractivity contribution in [2.24, 2.45) is 7.05 Å². The van der Waals surface area contributed by atoms with Crippen molar-refractivity contribution in [3.63, 3.8) is 0 Å². The number of anilines is 1. The average Bonchev–Trinajstić information content (AvgIpc) is 2.71. The van der Waals surface area contributed by atoms with Gasteiger partial charge in [-0.15, -0.1) is 0 Å². The van der Waals surface area contributed by atoms with E-state index in [0.717, 1.165) is 28.2 Å². The van der Waals surface area contributed by atoms with Crippen molar-refractivity contribution in [1.29, 1.82) is 0 Å². The first-order chi connectivity index (χ1) is 8.13. The van der Waals surface area contributed by atoms with E-state index < -0.39 is 0 Å². The summed E-state index contributed by atoms with van der Waals surface area (Å²) in [5, 5.41) is 7.34. The predicted molar refractivity (Wildman–Crippen MR) is 70.8 cm³/mol. The number of aryl methyl sites for hydroxylation is 2. The molecule has 0 aliphatic heterocycles. The Bertz CT molecular complexity index is 535. The minimum absolute atomic E-state index is 0.682. The summed E-state index contributed by atoms with van der Waals surface area (Å²) >= 11 is 3.49. The lowest BCUT2D eigenvalue weighted by Gasteiger charge is -2.09. The molecule has 2 heterocycles. The fourth-order valence-corrected chi connectivity index (χ4v) is 1.87. The van der Waals surface area contributed by atoms with E-state index in [0.29, 0.717) is 5.82 Å². The van der Waals surface area contributed by atoms with Crippen LogP contribution in [0.5, 0.6) is 0 Å². The lowest BCUT2D eigenvalue weighted by molar-refractivity contribution is 0.769. The largest absolute Gasteiger partial charge is 0.369 e. The Morgan fingerprint density at radius 1 is 1.41 bits per heavy atom. The molecule has 0 amide bonds. The molecule has 2 aromatic rings. The van der Waals surface area contributed by atoms with Gasteiger partial charge in [-0.05, 0) is 35.8 Å². The van der Waals surface area contributed by atoms with Crippen LogP contribution in [0.4, 0.5) is 5.82 Å². The summed E-state index contributed by atoms with van der Waals surface area (Å²) in [5.74, 6) is 1.50. The number of nitrogens with zero attached hydrogens (tertiary/aromatic N) is 4. The van der Waals surface area contributed by atoms with Crippen molar-refractivity contribution in [1.82, 2.24) is 19.7 Å². The lowest BCUT2D eigenvalue weighted by Crippen LogP contribution is -2.06. The van der Waals surface area contributed by atoms with Gasteiger partial charge in [-0.1, -0.05) is 0 Å². The van der Waals surface area contributed by atoms with Crippen LogP contribution < -0.4 is 5.32 Å². The van der Waals surface area contributed by atoms with Gasteiger partial charge in [-0.3, -0.25) is 4.68 Å². The average molecular weight is 296 g/mol. The maximum absolute atomic E-state index is 4.50. The Morgan fingerprint density at radius 3 is 2.76 bits per heavy atom. The zero-order valence-electron chi connectivity index (χ0n) is 10.0. The monoisotopic (exact) mass is 295 g/mol. The van der Waals surface area contributed by atoms with Crippen molar-refractivity contribution < 1.29 is 0 Å². The second-order valence-electron chi connectivity index (χ2n) is 3.67. The third-order valence-corrected chi connectivity index (χ3v) is 3.36. The van der Waals surface area contributed by atoms with E-state index >= 15 is 0 Å². The van der Waals surface area contributed by atoms with E-state index in [4.69, 9.17) is 0 Å². The van der Waals surface area contributed by atoms with Gasteiger partial charge in [0.2, 0.25) is 0 Å². The van der Waals surface area contributed by atoms with Gasteiger partial charge in [0.15, 0.2) is 5.82 Å². The minimum atomic E-state index is 0.682. The molecule has 2 aromatic heterocycles. The quantitative estimate of drug-likeness (QED) is 0.945. The van der Waals surface area contributed by atoms with Crippen LogP contribution in [0.25, 0.3) is 11.5 Å². The maximum atomic E-state index is 4.50. The van der Waals surface area contributed by atoms with Crippen molar-refractivity contribution in [3.05, 3.63) is 22.4 Å². The van der Waals surface area contributed by atoms with Crippen LogP contribution >= 0.6 is 15.9 Å². The topological polar surface area (TPSA) is 55.6 Å². The normalized spacial score (nSPS) is 10.6. The molecule has 0 saturated carbocycles. The molecule has 0 radical (unpaired) electrons.